The van der Waals surface area contributed by atoms with Crippen molar-refractivity contribution < 1.29 is 13.6 Å². The lowest BCUT2D eigenvalue weighted by molar-refractivity contribution is 0.0906. The summed E-state index contributed by atoms with van der Waals surface area (Å²) < 4.78 is 10.8. The molecule has 2 aromatic heterocycles. The first kappa shape index (κ1) is 17.0. The van der Waals surface area contributed by atoms with E-state index in [1.165, 1.54) is 0 Å². The number of carbonyl (C=O) groups is 1. The molecule has 6 nitrogen and oxygen atoms in total. The molecule has 3 heterocycles. The average molecular weight is 372 g/mol. The van der Waals surface area contributed by atoms with Crippen LogP contribution < -0.4 is 0 Å². The molecule has 0 radical (unpaired) electrons. The number of Topliss-reactive ketones (excluding diaryl/α,β-unsaturated/α-hetero) is 1. The number of furan rings is 1. The zero-order valence-corrected chi connectivity index (χ0v) is 14.9. The van der Waals surface area contributed by atoms with Crippen LogP contribution in [0.5, 0.6) is 0 Å². The molecule has 7 heteroatoms. The lowest BCUT2D eigenvalue weighted by Crippen LogP contribution is -2.36. The molecule has 134 valence electrons. The Morgan fingerprint density at radius 1 is 1.15 bits per heavy atom. The van der Waals surface area contributed by atoms with Crippen molar-refractivity contribution in [2.45, 2.75) is 18.8 Å². The summed E-state index contributed by atoms with van der Waals surface area (Å²) in [6, 6.07) is 8.82. The van der Waals surface area contributed by atoms with Crippen LogP contribution in [-0.2, 0) is 0 Å². The molecule has 1 aliphatic rings. The SMILES string of the molecule is O=C(CN1CCC(c2nnc(-c3ccoc3)o2)CC1)c1ccc(Cl)cc1. The fraction of sp³-hybridized carbons (Fsp3) is 0.316. The summed E-state index contributed by atoms with van der Waals surface area (Å²) in [5.74, 6) is 1.48. The Balaban J connectivity index is 1.33. The minimum absolute atomic E-state index is 0.111. The third-order valence-electron chi connectivity index (χ3n) is 4.68. The number of hydrogen-bond donors (Lipinski definition) is 0. The molecular weight excluding hydrogens is 354 g/mol. The van der Waals surface area contributed by atoms with Gasteiger partial charge in [-0.25, -0.2) is 0 Å². The lowest BCUT2D eigenvalue weighted by Gasteiger charge is -2.29. The van der Waals surface area contributed by atoms with Crippen LogP contribution in [0.1, 0.15) is 35.0 Å². The number of ketones is 1. The number of likely N-dealkylation sites (tertiary alicyclic amines) is 1. The van der Waals surface area contributed by atoms with Crippen LogP contribution in [0.25, 0.3) is 11.5 Å². The molecule has 4 rings (SSSR count). The predicted octanol–water partition coefficient (Wildman–Crippen LogP) is 4.05. The van der Waals surface area contributed by atoms with Gasteiger partial charge in [0.05, 0.1) is 18.4 Å². The Labute approximate surface area is 155 Å². The van der Waals surface area contributed by atoms with Crippen molar-refractivity contribution in [1.29, 1.82) is 0 Å². The number of nitrogens with zero attached hydrogens (tertiary/aromatic N) is 3. The maximum atomic E-state index is 12.4. The first-order valence-electron chi connectivity index (χ1n) is 8.56. The van der Waals surface area contributed by atoms with E-state index in [0.29, 0.717) is 28.9 Å². The molecular formula is C19H18ClN3O3. The summed E-state index contributed by atoms with van der Waals surface area (Å²) in [5, 5.41) is 8.91. The molecule has 0 bridgehead atoms. The normalized spacial score (nSPS) is 16.0. The molecule has 0 N–H and O–H groups in total. The molecule has 0 saturated carbocycles. The van der Waals surface area contributed by atoms with Crippen LogP contribution in [0.2, 0.25) is 5.02 Å². The van der Waals surface area contributed by atoms with Crippen molar-refractivity contribution in [3.05, 3.63) is 59.3 Å². The molecule has 0 aliphatic carbocycles. The topological polar surface area (TPSA) is 72.4 Å². The monoisotopic (exact) mass is 371 g/mol. The van der Waals surface area contributed by atoms with Crippen LogP contribution in [0.15, 0.2) is 51.7 Å². The zero-order chi connectivity index (χ0) is 17.9. The first-order chi connectivity index (χ1) is 12.7. The van der Waals surface area contributed by atoms with Gasteiger partial charge in [0.2, 0.25) is 5.89 Å². The van der Waals surface area contributed by atoms with Gasteiger partial charge in [0, 0.05) is 16.5 Å². The Hall–Kier alpha value is -2.44. The van der Waals surface area contributed by atoms with E-state index in [2.05, 4.69) is 15.1 Å². The number of benzene rings is 1. The van der Waals surface area contributed by atoms with Crippen molar-refractivity contribution in [2.75, 3.05) is 19.6 Å². The lowest BCUT2D eigenvalue weighted by atomic mass is 9.96. The van der Waals surface area contributed by atoms with Gasteiger partial charge < -0.3 is 8.83 Å². The number of hydrogen-bond acceptors (Lipinski definition) is 6. The van der Waals surface area contributed by atoms with Crippen LogP contribution in [0.4, 0.5) is 0 Å². The predicted molar refractivity (Wildman–Crippen MR) is 96.2 cm³/mol. The van der Waals surface area contributed by atoms with E-state index in [1.807, 2.05) is 0 Å². The van der Waals surface area contributed by atoms with Crippen molar-refractivity contribution in [1.82, 2.24) is 15.1 Å². The van der Waals surface area contributed by atoms with Gasteiger partial charge in [-0.3, -0.25) is 9.69 Å². The standard InChI is InChI=1S/C19H18ClN3O3/c20-16-3-1-13(2-4-16)17(24)11-23-8-5-14(6-9-23)18-21-22-19(26-18)15-7-10-25-12-15/h1-4,7,10,12,14H,5-6,8-9,11H2. The van der Waals surface area contributed by atoms with Crippen molar-refractivity contribution in [3.63, 3.8) is 0 Å². The van der Waals surface area contributed by atoms with Crippen LogP contribution in [-0.4, -0.2) is 40.5 Å². The summed E-state index contributed by atoms with van der Waals surface area (Å²) in [5.41, 5.74) is 1.48. The first-order valence-corrected chi connectivity index (χ1v) is 8.94. The van der Waals surface area contributed by atoms with E-state index in [1.54, 1.807) is 42.9 Å². The number of piperidine rings is 1. The zero-order valence-electron chi connectivity index (χ0n) is 14.1. The molecule has 1 aliphatic heterocycles. The van der Waals surface area contributed by atoms with Crippen molar-refractivity contribution >= 4 is 17.4 Å². The fourth-order valence-electron chi connectivity index (χ4n) is 3.17. The fourth-order valence-corrected chi connectivity index (χ4v) is 3.30. The molecule has 0 spiro atoms. The summed E-state index contributed by atoms with van der Waals surface area (Å²) in [4.78, 5) is 14.5. The van der Waals surface area contributed by atoms with Gasteiger partial charge >= 0.3 is 0 Å². The summed E-state index contributed by atoms with van der Waals surface area (Å²) >= 11 is 5.87. The van der Waals surface area contributed by atoms with E-state index in [9.17, 15) is 4.79 Å². The van der Waals surface area contributed by atoms with Gasteiger partial charge in [-0.15, -0.1) is 10.2 Å². The highest BCUT2D eigenvalue weighted by atomic mass is 35.5. The van der Waals surface area contributed by atoms with Crippen LogP contribution in [0.3, 0.4) is 0 Å². The third-order valence-corrected chi connectivity index (χ3v) is 4.93. The minimum atomic E-state index is 0.111. The van der Waals surface area contributed by atoms with Gasteiger partial charge in [0.1, 0.15) is 6.26 Å². The highest BCUT2D eigenvalue weighted by molar-refractivity contribution is 6.30. The largest absolute Gasteiger partial charge is 0.472 e. The molecule has 1 aromatic carbocycles. The number of halogens is 1. The molecule has 1 saturated heterocycles. The van der Waals surface area contributed by atoms with E-state index < -0.39 is 0 Å². The van der Waals surface area contributed by atoms with Gasteiger partial charge in [-0.05, 0) is 56.3 Å². The molecule has 0 amide bonds. The molecule has 0 atom stereocenters. The molecule has 1 fully saturated rings. The van der Waals surface area contributed by atoms with Crippen LogP contribution in [0, 0.1) is 0 Å². The Morgan fingerprint density at radius 2 is 1.92 bits per heavy atom. The summed E-state index contributed by atoms with van der Waals surface area (Å²) in [6.45, 7) is 2.07. The second-order valence-electron chi connectivity index (χ2n) is 6.44. The maximum Gasteiger partial charge on any atom is 0.250 e. The number of carbonyl (C=O) groups excluding carboxylic acids is 1. The average Bonchev–Trinajstić information content (AvgIpc) is 3.34. The summed E-state index contributed by atoms with van der Waals surface area (Å²) in [6.07, 6.45) is 4.94. The van der Waals surface area contributed by atoms with E-state index >= 15 is 0 Å². The van der Waals surface area contributed by atoms with E-state index in [-0.39, 0.29) is 11.7 Å². The Bertz CT molecular complexity index is 866. The summed E-state index contributed by atoms with van der Waals surface area (Å²) in [7, 11) is 0. The molecule has 3 aromatic rings. The third kappa shape index (κ3) is 3.71. The smallest absolute Gasteiger partial charge is 0.250 e. The van der Waals surface area contributed by atoms with E-state index in [4.69, 9.17) is 20.4 Å². The number of aromatic nitrogens is 2. The van der Waals surface area contributed by atoms with Crippen LogP contribution >= 0.6 is 11.6 Å². The molecule has 26 heavy (non-hydrogen) atoms. The Kier molecular flexibility index (Phi) is 4.86. The van der Waals surface area contributed by atoms with Crippen molar-refractivity contribution in [2.24, 2.45) is 0 Å². The highest BCUT2D eigenvalue weighted by Gasteiger charge is 2.26. The van der Waals surface area contributed by atoms with Gasteiger partial charge in [0.25, 0.3) is 5.89 Å². The number of rotatable bonds is 5. The Morgan fingerprint density at radius 3 is 2.62 bits per heavy atom. The maximum absolute atomic E-state index is 12.4. The quantitative estimate of drug-likeness (QED) is 0.630. The van der Waals surface area contributed by atoms with Gasteiger partial charge in [0.15, 0.2) is 5.78 Å². The second-order valence-corrected chi connectivity index (χ2v) is 6.87. The van der Waals surface area contributed by atoms with E-state index in [0.717, 1.165) is 31.5 Å². The van der Waals surface area contributed by atoms with Gasteiger partial charge in [-0.2, -0.15) is 0 Å². The van der Waals surface area contributed by atoms with Crippen molar-refractivity contribution in [3.8, 4) is 11.5 Å². The minimum Gasteiger partial charge on any atom is -0.472 e. The van der Waals surface area contributed by atoms with Gasteiger partial charge in [-0.1, -0.05) is 11.6 Å². The molecule has 0 unspecified atom stereocenters. The highest BCUT2D eigenvalue weighted by Crippen LogP contribution is 2.29. The second kappa shape index (κ2) is 7.43.